The molecule has 1 saturated heterocycles. The van der Waals surface area contributed by atoms with Gasteiger partial charge in [0, 0.05) is 18.8 Å². The summed E-state index contributed by atoms with van der Waals surface area (Å²) in [7, 11) is 4.17. The molecule has 4 nitrogen and oxygen atoms in total. The lowest BCUT2D eigenvalue weighted by Crippen LogP contribution is -2.45. The van der Waals surface area contributed by atoms with Crippen molar-refractivity contribution >= 4 is 0 Å². The van der Waals surface area contributed by atoms with Crippen molar-refractivity contribution in [3.8, 4) is 0 Å². The molecule has 2 rings (SSSR count). The predicted octanol–water partition coefficient (Wildman–Crippen LogP) is 1.14. The van der Waals surface area contributed by atoms with Gasteiger partial charge in [0.05, 0.1) is 11.7 Å². The summed E-state index contributed by atoms with van der Waals surface area (Å²) in [6, 6.07) is 0.594. The van der Waals surface area contributed by atoms with Gasteiger partial charge in [-0.05, 0) is 52.9 Å². The third kappa shape index (κ3) is 2.53. The van der Waals surface area contributed by atoms with Crippen LogP contribution >= 0.6 is 0 Å². The van der Waals surface area contributed by atoms with Crippen molar-refractivity contribution in [2.45, 2.75) is 32.7 Å². The normalized spacial score (nSPS) is 17.4. The van der Waals surface area contributed by atoms with Gasteiger partial charge in [-0.25, -0.2) is 0 Å². The number of likely N-dealkylation sites (tertiary alicyclic amines) is 1. The van der Waals surface area contributed by atoms with Crippen molar-refractivity contribution in [1.82, 2.24) is 20.0 Å². The average molecular weight is 236 g/mol. The van der Waals surface area contributed by atoms with Crippen molar-refractivity contribution in [1.29, 1.82) is 0 Å². The molecule has 1 fully saturated rings. The maximum absolute atomic E-state index is 4.71. The van der Waals surface area contributed by atoms with Crippen LogP contribution in [0, 0.1) is 13.8 Å². The Bertz CT molecular complexity index is 377. The summed E-state index contributed by atoms with van der Waals surface area (Å²) in [5.41, 5.74) is 4.04. The van der Waals surface area contributed by atoms with Crippen molar-refractivity contribution in [3.05, 3.63) is 17.0 Å². The summed E-state index contributed by atoms with van der Waals surface area (Å²) >= 11 is 0. The van der Waals surface area contributed by atoms with E-state index in [-0.39, 0.29) is 0 Å². The summed E-state index contributed by atoms with van der Waals surface area (Å²) < 4.78 is 2.24. The summed E-state index contributed by atoms with van der Waals surface area (Å²) in [6.07, 6.45) is 2.33. The number of aryl methyl sites for hydroxylation is 1. The van der Waals surface area contributed by atoms with E-state index in [1.165, 1.54) is 23.4 Å². The lowest BCUT2D eigenvalue weighted by Gasteiger charge is -2.36. The van der Waals surface area contributed by atoms with Crippen LogP contribution in [-0.4, -0.2) is 48.4 Å². The van der Waals surface area contributed by atoms with E-state index >= 15 is 0 Å². The first-order valence-electron chi connectivity index (χ1n) is 6.51. The highest BCUT2D eigenvalue weighted by atomic mass is 15.4. The first kappa shape index (κ1) is 12.6. The number of nitrogens with zero attached hydrogens (tertiary/aromatic N) is 3. The van der Waals surface area contributed by atoms with Gasteiger partial charge in [0.15, 0.2) is 0 Å². The van der Waals surface area contributed by atoms with E-state index in [4.69, 9.17) is 5.10 Å². The van der Waals surface area contributed by atoms with Gasteiger partial charge in [-0.2, -0.15) is 5.10 Å². The van der Waals surface area contributed by atoms with Crippen LogP contribution in [0.2, 0.25) is 0 Å². The lowest BCUT2D eigenvalue weighted by atomic mass is 10.1. The molecule has 1 aromatic rings. The minimum atomic E-state index is 0.594. The Morgan fingerprint density at radius 3 is 2.65 bits per heavy atom. The Labute approximate surface area is 104 Å². The molecule has 4 heteroatoms. The van der Waals surface area contributed by atoms with Gasteiger partial charge in [0.1, 0.15) is 0 Å². The fourth-order valence-electron chi connectivity index (χ4n) is 2.68. The Kier molecular flexibility index (Phi) is 3.84. The molecule has 2 heterocycles. The van der Waals surface area contributed by atoms with E-state index < -0.39 is 0 Å². The van der Waals surface area contributed by atoms with E-state index in [0.29, 0.717) is 6.04 Å². The zero-order valence-corrected chi connectivity index (χ0v) is 11.5. The van der Waals surface area contributed by atoms with Crippen LogP contribution in [0.3, 0.4) is 0 Å². The standard InChI is InChI=1S/C13H24N4/c1-10-13(6-5-7-14-3)11(2)17(15-10)12-8-16(4)9-12/h12,14H,5-9H2,1-4H3. The summed E-state index contributed by atoms with van der Waals surface area (Å²) in [4.78, 5) is 2.34. The van der Waals surface area contributed by atoms with Crippen LogP contribution in [0.4, 0.5) is 0 Å². The molecule has 0 saturated carbocycles. The molecule has 0 bridgehead atoms. The molecule has 1 N–H and O–H groups in total. The Hall–Kier alpha value is -0.870. The highest BCUT2D eigenvalue weighted by molar-refractivity contribution is 5.25. The summed E-state index contributed by atoms with van der Waals surface area (Å²) in [5, 5.41) is 7.92. The molecule has 0 aliphatic carbocycles. The van der Waals surface area contributed by atoms with Crippen LogP contribution in [0.15, 0.2) is 0 Å². The smallest absolute Gasteiger partial charge is 0.0775 e. The molecule has 0 aromatic carbocycles. The quantitative estimate of drug-likeness (QED) is 0.778. The molecule has 0 atom stereocenters. The van der Waals surface area contributed by atoms with Gasteiger partial charge >= 0.3 is 0 Å². The van der Waals surface area contributed by atoms with E-state index in [1.54, 1.807) is 0 Å². The largest absolute Gasteiger partial charge is 0.320 e. The van der Waals surface area contributed by atoms with Crippen LogP contribution in [0.25, 0.3) is 0 Å². The van der Waals surface area contributed by atoms with Crippen LogP contribution in [0.5, 0.6) is 0 Å². The molecule has 0 spiro atoms. The molecule has 96 valence electrons. The topological polar surface area (TPSA) is 33.1 Å². The first-order valence-corrected chi connectivity index (χ1v) is 6.51. The number of likely N-dealkylation sites (N-methyl/N-ethyl adjacent to an activating group) is 1. The fraction of sp³-hybridized carbons (Fsp3) is 0.769. The van der Waals surface area contributed by atoms with Crippen molar-refractivity contribution in [3.63, 3.8) is 0 Å². The van der Waals surface area contributed by atoms with Crippen molar-refractivity contribution in [2.24, 2.45) is 0 Å². The third-order valence-electron chi connectivity index (χ3n) is 3.72. The molecule has 0 radical (unpaired) electrons. The van der Waals surface area contributed by atoms with Gasteiger partial charge in [-0.15, -0.1) is 0 Å². The van der Waals surface area contributed by atoms with E-state index in [9.17, 15) is 0 Å². The second-order valence-electron chi connectivity index (χ2n) is 5.18. The third-order valence-corrected chi connectivity index (χ3v) is 3.72. The Morgan fingerprint density at radius 2 is 2.06 bits per heavy atom. The zero-order chi connectivity index (χ0) is 12.4. The van der Waals surface area contributed by atoms with Crippen LogP contribution in [0.1, 0.15) is 29.4 Å². The molecule has 1 aromatic heterocycles. The fourth-order valence-corrected chi connectivity index (χ4v) is 2.68. The predicted molar refractivity (Wildman–Crippen MR) is 70.5 cm³/mol. The zero-order valence-electron chi connectivity index (χ0n) is 11.5. The highest BCUT2D eigenvalue weighted by Crippen LogP contribution is 2.24. The number of rotatable bonds is 5. The van der Waals surface area contributed by atoms with Gasteiger partial charge in [-0.3, -0.25) is 4.68 Å². The van der Waals surface area contributed by atoms with Crippen molar-refractivity contribution in [2.75, 3.05) is 33.7 Å². The average Bonchev–Trinajstić information content (AvgIpc) is 2.52. The highest BCUT2D eigenvalue weighted by Gasteiger charge is 2.27. The monoisotopic (exact) mass is 236 g/mol. The number of hydrogen-bond donors (Lipinski definition) is 1. The molecule has 1 aliphatic heterocycles. The SMILES string of the molecule is CNCCCc1c(C)nn(C2CN(C)C2)c1C. The molecular weight excluding hydrogens is 212 g/mol. The minimum absolute atomic E-state index is 0.594. The number of aromatic nitrogens is 2. The van der Waals surface area contributed by atoms with E-state index in [0.717, 1.165) is 26.1 Å². The Balaban J connectivity index is 2.06. The second kappa shape index (κ2) is 5.19. The number of hydrogen-bond acceptors (Lipinski definition) is 3. The molecule has 1 aliphatic rings. The maximum atomic E-state index is 4.71. The van der Waals surface area contributed by atoms with Gasteiger partial charge in [0.25, 0.3) is 0 Å². The van der Waals surface area contributed by atoms with Crippen LogP contribution in [-0.2, 0) is 6.42 Å². The second-order valence-corrected chi connectivity index (χ2v) is 5.18. The van der Waals surface area contributed by atoms with Crippen molar-refractivity contribution < 1.29 is 0 Å². The van der Waals surface area contributed by atoms with E-state index in [2.05, 4.69) is 35.8 Å². The maximum Gasteiger partial charge on any atom is 0.0775 e. The molecule has 17 heavy (non-hydrogen) atoms. The van der Waals surface area contributed by atoms with Gasteiger partial charge in [0.2, 0.25) is 0 Å². The van der Waals surface area contributed by atoms with Gasteiger partial charge < -0.3 is 10.2 Å². The Morgan fingerprint density at radius 1 is 1.35 bits per heavy atom. The molecular formula is C13H24N4. The lowest BCUT2D eigenvalue weighted by molar-refractivity contribution is 0.128. The van der Waals surface area contributed by atoms with Gasteiger partial charge in [-0.1, -0.05) is 0 Å². The summed E-state index contributed by atoms with van der Waals surface area (Å²) in [6.45, 7) is 7.71. The summed E-state index contributed by atoms with van der Waals surface area (Å²) in [5.74, 6) is 0. The molecule has 0 unspecified atom stereocenters. The first-order chi connectivity index (χ1) is 8.13. The minimum Gasteiger partial charge on any atom is -0.320 e. The number of nitrogens with one attached hydrogen (secondary N) is 1. The van der Waals surface area contributed by atoms with E-state index in [1.807, 2.05) is 7.05 Å². The van der Waals surface area contributed by atoms with Crippen LogP contribution < -0.4 is 5.32 Å². The molecule has 0 amide bonds.